The first-order valence-corrected chi connectivity index (χ1v) is 8.87. The van der Waals surface area contributed by atoms with E-state index < -0.39 is 4.92 Å². The lowest BCUT2D eigenvalue weighted by atomic mass is 10.2. The van der Waals surface area contributed by atoms with Gasteiger partial charge in [0.15, 0.2) is 0 Å². The van der Waals surface area contributed by atoms with Crippen molar-refractivity contribution in [3.05, 3.63) is 68.8 Å². The molecule has 0 radical (unpaired) electrons. The number of para-hydroxylation sites is 2. The lowest BCUT2D eigenvalue weighted by molar-refractivity contribution is -0.385. The third kappa shape index (κ3) is 3.63. The first-order chi connectivity index (χ1) is 14.4. The molecule has 0 saturated heterocycles. The smallest absolute Gasteiger partial charge is 0.332 e. The first kappa shape index (κ1) is 18.9. The van der Waals surface area contributed by atoms with Gasteiger partial charge in [-0.2, -0.15) is 4.98 Å². The molecule has 0 unspecified atom stereocenters. The van der Waals surface area contributed by atoms with Gasteiger partial charge < -0.3 is 25.3 Å². The maximum atomic E-state index is 11.6. The van der Waals surface area contributed by atoms with Crippen LogP contribution in [0.25, 0.3) is 11.0 Å². The van der Waals surface area contributed by atoms with Crippen molar-refractivity contribution in [1.29, 1.82) is 0 Å². The number of nitro groups is 1. The Balaban J connectivity index is 1.73. The molecule has 11 nitrogen and oxygen atoms in total. The summed E-state index contributed by atoms with van der Waals surface area (Å²) in [5.41, 5.74) is 2.03. The van der Waals surface area contributed by atoms with Crippen LogP contribution in [-0.4, -0.2) is 32.0 Å². The van der Waals surface area contributed by atoms with E-state index in [1.807, 2.05) is 0 Å². The van der Waals surface area contributed by atoms with Crippen molar-refractivity contribution in [2.24, 2.45) is 0 Å². The van der Waals surface area contributed by atoms with Crippen LogP contribution in [0.15, 0.2) is 47.3 Å². The minimum Gasteiger partial charge on any atom is -0.495 e. The molecule has 0 bridgehead atoms. The van der Waals surface area contributed by atoms with Crippen LogP contribution in [0.3, 0.4) is 0 Å². The standard InChI is InChI=1S/C19H17N7O4/c1-10-16(26(28)29)17(22-13-5-3-4-6-15(13)30-2)25-18(20-10)21-11-7-8-12-14(9-11)24-19(27)23-12/h3-9H,1-2H3,(H2,23,24,27)(H2,20,21,22,25). The molecule has 0 amide bonds. The number of aryl methyl sites for hydroxylation is 1. The second kappa shape index (κ2) is 7.54. The van der Waals surface area contributed by atoms with Gasteiger partial charge in [-0.05, 0) is 37.3 Å². The van der Waals surface area contributed by atoms with E-state index in [4.69, 9.17) is 4.74 Å². The number of nitrogens with one attached hydrogen (secondary N) is 4. The summed E-state index contributed by atoms with van der Waals surface area (Å²) in [6.45, 7) is 1.53. The van der Waals surface area contributed by atoms with Crippen molar-refractivity contribution in [3.63, 3.8) is 0 Å². The fourth-order valence-electron chi connectivity index (χ4n) is 3.04. The quantitative estimate of drug-likeness (QED) is 0.281. The van der Waals surface area contributed by atoms with Gasteiger partial charge in [0, 0.05) is 5.69 Å². The minimum absolute atomic E-state index is 0.0237. The van der Waals surface area contributed by atoms with Crippen LogP contribution in [0.4, 0.5) is 28.8 Å². The number of hydrogen-bond donors (Lipinski definition) is 4. The maximum absolute atomic E-state index is 11.6. The predicted octanol–water partition coefficient (Wildman–Crippen LogP) is 3.36. The van der Waals surface area contributed by atoms with Crippen molar-refractivity contribution in [3.8, 4) is 5.75 Å². The summed E-state index contributed by atoms with van der Waals surface area (Å²) in [5.74, 6) is 0.697. The number of anilines is 4. The number of aromatic nitrogens is 4. The van der Waals surface area contributed by atoms with Crippen molar-refractivity contribution in [2.45, 2.75) is 6.92 Å². The summed E-state index contributed by atoms with van der Waals surface area (Å²) in [7, 11) is 1.51. The summed E-state index contributed by atoms with van der Waals surface area (Å²) in [6.07, 6.45) is 0. The predicted molar refractivity (Wildman–Crippen MR) is 112 cm³/mol. The van der Waals surface area contributed by atoms with Crippen LogP contribution in [0.1, 0.15) is 5.69 Å². The number of aromatic amines is 2. The molecule has 0 aliphatic rings. The SMILES string of the molecule is COc1ccccc1Nc1nc(Nc2ccc3[nH]c(=O)[nH]c3c2)nc(C)c1[N+](=O)[O-]. The second-order valence-electron chi connectivity index (χ2n) is 6.38. The zero-order valence-electron chi connectivity index (χ0n) is 16.0. The van der Waals surface area contributed by atoms with E-state index in [-0.39, 0.29) is 28.8 Å². The Kier molecular flexibility index (Phi) is 4.76. The van der Waals surface area contributed by atoms with Gasteiger partial charge in [-0.3, -0.25) is 10.1 Å². The van der Waals surface area contributed by atoms with Crippen molar-refractivity contribution in [2.75, 3.05) is 17.7 Å². The Hall–Kier alpha value is -4.41. The molecule has 0 saturated carbocycles. The second-order valence-corrected chi connectivity index (χ2v) is 6.38. The van der Waals surface area contributed by atoms with E-state index in [1.165, 1.54) is 14.0 Å². The molecule has 0 aliphatic heterocycles. The summed E-state index contributed by atoms with van der Waals surface area (Å²) in [5, 5.41) is 17.6. The van der Waals surface area contributed by atoms with Crippen LogP contribution in [0.5, 0.6) is 5.75 Å². The number of benzene rings is 2. The number of hydrogen-bond acceptors (Lipinski definition) is 8. The van der Waals surface area contributed by atoms with Gasteiger partial charge in [-0.25, -0.2) is 9.78 Å². The summed E-state index contributed by atoms with van der Waals surface area (Å²) in [4.78, 5) is 36.3. The monoisotopic (exact) mass is 407 g/mol. The molecule has 0 aliphatic carbocycles. The summed E-state index contributed by atoms with van der Waals surface area (Å²) < 4.78 is 5.29. The molecule has 2 heterocycles. The number of H-pyrrole nitrogens is 2. The third-order valence-corrected chi connectivity index (χ3v) is 4.37. The van der Waals surface area contributed by atoms with E-state index in [0.717, 1.165) is 0 Å². The number of rotatable bonds is 6. The van der Waals surface area contributed by atoms with Gasteiger partial charge in [0.2, 0.25) is 11.8 Å². The average Bonchev–Trinajstić information content (AvgIpc) is 3.07. The largest absolute Gasteiger partial charge is 0.495 e. The zero-order valence-corrected chi connectivity index (χ0v) is 16.0. The van der Waals surface area contributed by atoms with Gasteiger partial charge in [0.05, 0.1) is 28.8 Å². The van der Waals surface area contributed by atoms with Crippen LogP contribution >= 0.6 is 0 Å². The number of fused-ring (bicyclic) bond motifs is 1. The molecular weight excluding hydrogens is 390 g/mol. The number of ether oxygens (including phenoxy) is 1. The molecular formula is C19H17N7O4. The van der Waals surface area contributed by atoms with Crippen LogP contribution in [0, 0.1) is 17.0 Å². The van der Waals surface area contributed by atoms with E-state index >= 15 is 0 Å². The average molecular weight is 407 g/mol. The fourth-order valence-corrected chi connectivity index (χ4v) is 3.04. The number of nitrogens with zero attached hydrogens (tertiary/aromatic N) is 3. The van der Waals surface area contributed by atoms with E-state index in [0.29, 0.717) is 28.2 Å². The Labute approximate surface area is 169 Å². The van der Waals surface area contributed by atoms with Crippen LogP contribution < -0.4 is 21.1 Å². The molecule has 0 atom stereocenters. The maximum Gasteiger partial charge on any atom is 0.332 e. The molecule has 30 heavy (non-hydrogen) atoms. The molecule has 2 aromatic heterocycles. The summed E-state index contributed by atoms with van der Waals surface area (Å²) >= 11 is 0. The third-order valence-electron chi connectivity index (χ3n) is 4.37. The van der Waals surface area contributed by atoms with Gasteiger partial charge in [-0.15, -0.1) is 0 Å². The van der Waals surface area contributed by atoms with Crippen LogP contribution in [-0.2, 0) is 0 Å². The Bertz CT molecular complexity index is 1310. The number of imidazole rings is 1. The van der Waals surface area contributed by atoms with Crippen LogP contribution in [0.2, 0.25) is 0 Å². The molecule has 4 N–H and O–H groups in total. The van der Waals surface area contributed by atoms with E-state index in [9.17, 15) is 14.9 Å². The Morgan fingerprint density at radius 3 is 2.60 bits per heavy atom. The lowest BCUT2D eigenvalue weighted by Crippen LogP contribution is -2.07. The Morgan fingerprint density at radius 1 is 1.07 bits per heavy atom. The van der Waals surface area contributed by atoms with Crippen molar-refractivity contribution in [1.82, 2.24) is 19.9 Å². The molecule has 11 heteroatoms. The number of methoxy groups -OCH3 is 1. The normalized spacial score (nSPS) is 10.7. The highest BCUT2D eigenvalue weighted by Crippen LogP contribution is 2.33. The van der Waals surface area contributed by atoms with Gasteiger partial charge in [-0.1, -0.05) is 12.1 Å². The van der Waals surface area contributed by atoms with Gasteiger partial charge in [0.25, 0.3) is 0 Å². The lowest BCUT2D eigenvalue weighted by Gasteiger charge is -2.13. The topological polar surface area (TPSA) is 151 Å². The summed E-state index contributed by atoms with van der Waals surface area (Å²) in [6, 6.07) is 12.2. The Morgan fingerprint density at radius 2 is 1.83 bits per heavy atom. The zero-order chi connectivity index (χ0) is 21.3. The fraction of sp³-hybridized carbons (Fsp3) is 0.105. The van der Waals surface area contributed by atoms with E-state index in [1.54, 1.807) is 42.5 Å². The minimum atomic E-state index is -0.534. The first-order valence-electron chi connectivity index (χ1n) is 8.87. The van der Waals surface area contributed by atoms with Crippen molar-refractivity contribution < 1.29 is 9.66 Å². The molecule has 4 aromatic rings. The molecule has 152 valence electrons. The molecule has 4 rings (SSSR count). The van der Waals surface area contributed by atoms with E-state index in [2.05, 4.69) is 30.6 Å². The molecule has 0 spiro atoms. The van der Waals surface area contributed by atoms with Gasteiger partial charge in [0.1, 0.15) is 11.4 Å². The highest BCUT2D eigenvalue weighted by atomic mass is 16.6. The molecule has 2 aromatic carbocycles. The highest BCUT2D eigenvalue weighted by Gasteiger charge is 2.23. The molecule has 0 fully saturated rings. The van der Waals surface area contributed by atoms with Crippen molar-refractivity contribution >= 4 is 39.9 Å². The highest BCUT2D eigenvalue weighted by molar-refractivity contribution is 5.80. The van der Waals surface area contributed by atoms with Gasteiger partial charge >= 0.3 is 11.4 Å².